The molecule has 18 heavy (non-hydrogen) atoms. The maximum Gasteiger partial charge on any atom is 0.180 e. The van der Waals surface area contributed by atoms with Crippen molar-refractivity contribution in [1.29, 1.82) is 0 Å². The summed E-state index contributed by atoms with van der Waals surface area (Å²) >= 11 is 6.19. The first-order valence-corrected chi connectivity index (χ1v) is 6.41. The molecule has 0 aliphatic rings. The number of hydrogen-bond acceptors (Lipinski definition) is 3. The van der Waals surface area contributed by atoms with Gasteiger partial charge in [0.2, 0.25) is 0 Å². The van der Waals surface area contributed by atoms with Crippen LogP contribution in [0.2, 0.25) is 5.02 Å². The summed E-state index contributed by atoms with van der Waals surface area (Å²) in [6, 6.07) is 3.83. The molecule has 0 radical (unpaired) electrons. The van der Waals surface area contributed by atoms with Gasteiger partial charge in [0.15, 0.2) is 11.5 Å². The highest BCUT2D eigenvalue weighted by Crippen LogP contribution is 2.36. The monoisotopic (exact) mass is 269 g/mol. The molecule has 0 fully saturated rings. The normalized spacial score (nSPS) is 10.2. The van der Waals surface area contributed by atoms with E-state index in [0.717, 1.165) is 25.1 Å². The highest BCUT2D eigenvalue weighted by molar-refractivity contribution is 6.32. The van der Waals surface area contributed by atoms with Gasteiger partial charge in [-0.15, -0.1) is 0 Å². The van der Waals surface area contributed by atoms with Crippen molar-refractivity contribution in [3.05, 3.63) is 35.4 Å². The van der Waals surface area contributed by atoms with Crippen LogP contribution in [0.4, 0.5) is 0 Å². The van der Waals surface area contributed by atoms with Crippen LogP contribution in [0, 0.1) is 0 Å². The van der Waals surface area contributed by atoms with Crippen molar-refractivity contribution in [2.24, 2.45) is 0 Å². The highest BCUT2D eigenvalue weighted by Gasteiger charge is 2.11. The topological polar surface area (TPSA) is 30.5 Å². The van der Waals surface area contributed by atoms with E-state index >= 15 is 0 Å². The zero-order valence-electron chi connectivity index (χ0n) is 11.0. The largest absolute Gasteiger partial charge is 0.493 e. The van der Waals surface area contributed by atoms with E-state index in [1.807, 2.05) is 12.1 Å². The predicted octanol–water partition coefficient (Wildman–Crippen LogP) is 3.41. The average molecular weight is 270 g/mol. The van der Waals surface area contributed by atoms with Crippen LogP contribution < -0.4 is 14.8 Å². The molecule has 1 aromatic carbocycles. The summed E-state index contributed by atoms with van der Waals surface area (Å²) in [5.74, 6) is 1.22. The molecular weight excluding hydrogens is 250 g/mol. The van der Waals surface area contributed by atoms with Gasteiger partial charge >= 0.3 is 0 Å². The Labute approximate surface area is 114 Å². The molecule has 0 saturated carbocycles. The lowest BCUT2D eigenvalue weighted by molar-refractivity contribution is 0.326. The molecule has 0 saturated heterocycles. The molecule has 1 aromatic rings. The summed E-state index contributed by atoms with van der Waals surface area (Å²) in [6.45, 7) is 7.90. The van der Waals surface area contributed by atoms with Gasteiger partial charge in [0, 0.05) is 6.54 Å². The molecule has 0 unspecified atom stereocenters. The van der Waals surface area contributed by atoms with Gasteiger partial charge in [0.05, 0.1) is 12.1 Å². The third-order valence-corrected chi connectivity index (χ3v) is 2.67. The highest BCUT2D eigenvalue weighted by atomic mass is 35.5. The van der Waals surface area contributed by atoms with Crippen LogP contribution in [0.15, 0.2) is 24.8 Å². The minimum absolute atomic E-state index is 0.406. The van der Waals surface area contributed by atoms with Crippen LogP contribution in [0.5, 0.6) is 11.5 Å². The van der Waals surface area contributed by atoms with Gasteiger partial charge in [-0.3, -0.25) is 0 Å². The SMILES string of the molecule is C=CCOc1c(Cl)cc(CNCCC)cc1OC. The van der Waals surface area contributed by atoms with E-state index in [2.05, 4.69) is 18.8 Å². The maximum absolute atomic E-state index is 6.19. The van der Waals surface area contributed by atoms with E-state index in [1.165, 1.54) is 0 Å². The minimum atomic E-state index is 0.406. The Kier molecular flexibility index (Phi) is 6.61. The van der Waals surface area contributed by atoms with Crippen molar-refractivity contribution in [2.45, 2.75) is 19.9 Å². The van der Waals surface area contributed by atoms with Gasteiger partial charge in [0.1, 0.15) is 6.61 Å². The molecule has 0 atom stereocenters. The van der Waals surface area contributed by atoms with E-state index in [4.69, 9.17) is 21.1 Å². The Morgan fingerprint density at radius 1 is 1.44 bits per heavy atom. The van der Waals surface area contributed by atoms with Crippen LogP contribution in [0.3, 0.4) is 0 Å². The van der Waals surface area contributed by atoms with Gasteiger partial charge in [-0.25, -0.2) is 0 Å². The third-order valence-electron chi connectivity index (χ3n) is 2.39. The lowest BCUT2D eigenvalue weighted by atomic mass is 10.2. The molecule has 0 aliphatic heterocycles. The second-order valence-corrected chi connectivity index (χ2v) is 4.29. The molecule has 0 amide bonds. The van der Waals surface area contributed by atoms with Crippen molar-refractivity contribution < 1.29 is 9.47 Å². The fourth-order valence-corrected chi connectivity index (χ4v) is 1.85. The number of hydrogen-bond donors (Lipinski definition) is 1. The van der Waals surface area contributed by atoms with E-state index in [0.29, 0.717) is 23.1 Å². The zero-order valence-corrected chi connectivity index (χ0v) is 11.7. The molecule has 0 spiro atoms. The standard InChI is InChI=1S/C14H20ClNO2/c1-4-6-16-10-11-8-12(15)14(18-7-5-2)13(9-11)17-3/h5,8-9,16H,2,4,6-7,10H2,1,3H3. The number of halogens is 1. The van der Waals surface area contributed by atoms with Crippen LogP contribution >= 0.6 is 11.6 Å². The van der Waals surface area contributed by atoms with Crippen LogP contribution in [-0.4, -0.2) is 20.3 Å². The third kappa shape index (κ3) is 4.24. The second-order valence-electron chi connectivity index (χ2n) is 3.89. The quantitative estimate of drug-likeness (QED) is 0.579. The summed E-state index contributed by atoms with van der Waals surface area (Å²) in [4.78, 5) is 0. The van der Waals surface area contributed by atoms with Gasteiger partial charge in [-0.05, 0) is 30.7 Å². The molecule has 0 bridgehead atoms. The summed E-state index contributed by atoms with van der Waals surface area (Å²) in [7, 11) is 1.61. The van der Waals surface area contributed by atoms with E-state index in [1.54, 1.807) is 13.2 Å². The number of benzene rings is 1. The molecule has 0 aromatic heterocycles. The fraction of sp³-hybridized carbons (Fsp3) is 0.429. The van der Waals surface area contributed by atoms with Crippen molar-refractivity contribution >= 4 is 11.6 Å². The van der Waals surface area contributed by atoms with Crippen molar-refractivity contribution in [3.63, 3.8) is 0 Å². The summed E-state index contributed by atoms with van der Waals surface area (Å²) in [5, 5.41) is 3.88. The Balaban J connectivity index is 2.84. The van der Waals surface area contributed by atoms with E-state index in [-0.39, 0.29) is 0 Å². The summed E-state index contributed by atoms with van der Waals surface area (Å²) < 4.78 is 10.8. The van der Waals surface area contributed by atoms with Gasteiger partial charge in [-0.1, -0.05) is 31.2 Å². The first kappa shape index (κ1) is 14.9. The minimum Gasteiger partial charge on any atom is -0.493 e. The molecular formula is C14H20ClNO2. The lowest BCUT2D eigenvalue weighted by Gasteiger charge is -2.13. The predicted molar refractivity (Wildman–Crippen MR) is 75.7 cm³/mol. The number of ether oxygens (including phenoxy) is 2. The number of nitrogens with one attached hydrogen (secondary N) is 1. The zero-order chi connectivity index (χ0) is 13.4. The van der Waals surface area contributed by atoms with E-state index in [9.17, 15) is 0 Å². The maximum atomic E-state index is 6.19. The van der Waals surface area contributed by atoms with Gasteiger partial charge in [-0.2, -0.15) is 0 Å². The molecule has 1 rings (SSSR count). The average Bonchev–Trinajstić information content (AvgIpc) is 2.37. The van der Waals surface area contributed by atoms with Gasteiger partial charge in [0.25, 0.3) is 0 Å². The Bertz CT molecular complexity index is 394. The molecule has 3 nitrogen and oxygen atoms in total. The van der Waals surface area contributed by atoms with Crippen LogP contribution in [0.25, 0.3) is 0 Å². The lowest BCUT2D eigenvalue weighted by Crippen LogP contribution is -2.14. The van der Waals surface area contributed by atoms with Crippen molar-refractivity contribution in [3.8, 4) is 11.5 Å². The van der Waals surface area contributed by atoms with Crippen molar-refractivity contribution in [2.75, 3.05) is 20.3 Å². The smallest absolute Gasteiger partial charge is 0.180 e. The van der Waals surface area contributed by atoms with E-state index < -0.39 is 0 Å². The first-order chi connectivity index (χ1) is 8.72. The summed E-state index contributed by atoms with van der Waals surface area (Å²) in [6.07, 6.45) is 2.78. The fourth-order valence-electron chi connectivity index (χ4n) is 1.57. The summed E-state index contributed by atoms with van der Waals surface area (Å²) in [5.41, 5.74) is 1.08. The Hall–Kier alpha value is -1.19. The molecule has 100 valence electrons. The molecule has 1 N–H and O–H groups in total. The number of rotatable bonds is 8. The molecule has 0 aliphatic carbocycles. The second kappa shape index (κ2) is 8.01. The molecule has 0 heterocycles. The Morgan fingerprint density at radius 2 is 2.22 bits per heavy atom. The first-order valence-electron chi connectivity index (χ1n) is 6.03. The van der Waals surface area contributed by atoms with Gasteiger partial charge < -0.3 is 14.8 Å². The van der Waals surface area contributed by atoms with Crippen LogP contribution in [0.1, 0.15) is 18.9 Å². The van der Waals surface area contributed by atoms with Crippen LogP contribution in [-0.2, 0) is 6.54 Å². The molecule has 4 heteroatoms. The Morgan fingerprint density at radius 3 is 2.83 bits per heavy atom. The number of methoxy groups -OCH3 is 1. The van der Waals surface area contributed by atoms with Crippen molar-refractivity contribution in [1.82, 2.24) is 5.32 Å².